The van der Waals surface area contributed by atoms with E-state index >= 15 is 0 Å². The zero-order chi connectivity index (χ0) is 23.1. The van der Waals surface area contributed by atoms with Gasteiger partial charge in [0.25, 0.3) is 11.7 Å². The summed E-state index contributed by atoms with van der Waals surface area (Å²) in [5.41, 5.74) is 0.857. The maximum Gasteiger partial charge on any atom is 0.300 e. The monoisotopic (exact) mass is 447 g/mol. The molecule has 0 bridgehead atoms. The summed E-state index contributed by atoms with van der Waals surface area (Å²) < 4.78 is 30.0. The molecule has 0 saturated carbocycles. The molecule has 166 valence electrons. The van der Waals surface area contributed by atoms with Crippen LogP contribution in [0.1, 0.15) is 17.2 Å². The first-order valence-corrected chi connectivity index (χ1v) is 10.1. The number of halogens is 1. The minimum Gasteiger partial charge on any atom is -0.507 e. The summed E-state index contributed by atoms with van der Waals surface area (Å²) in [5, 5.41) is 11.2. The number of rotatable bonds is 4. The summed E-state index contributed by atoms with van der Waals surface area (Å²) in [6.07, 6.45) is 0. The van der Waals surface area contributed by atoms with Gasteiger partial charge in [-0.3, -0.25) is 14.5 Å². The largest absolute Gasteiger partial charge is 0.507 e. The van der Waals surface area contributed by atoms with Crippen LogP contribution in [0.5, 0.6) is 17.2 Å². The second-order valence-corrected chi connectivity index (χ2v) is 7.49. The molecule has 1 atom stereocenters. The molecule has 1 unspecified atom stereocenters. The topological polar surface area (TPSA) is 85.3 Å². The van der Waals surface area contributed by atoms with Crippen molar-refractivity contribution in [3.05, 3.63) is 89.2 Å². The molecule has 1 saturated heterocycles. The SMILES string of the molecule is COc1cccc(C2/C(=C(/O)c3ccc4c(c3)OCO4)C(=O)C(=O)N2c2cccc(F)c2)c1. The molecule has 1 fully saturated rings. The third-order valence-electron chi connectivity index (χ3n) is 5.59. The van der Waals surface area contributed by atoms with Gasteiger partial charge in [-0.05, 0) is 54.1 Å². The van der Waals surface area contributed by atoms with Gasteiger partial charge in [0.15, 0.2) is 11.5 Å². The quantitative estimate of drug-likeness (QED) is 0.367. The zero-order valence-corrected chi connectivity index (χ0v) is 17.4. The summed E-state index contributed by atoms with van der Waals surface area (Å²) >= 11 is 0. The molecule has 3 aromatic rings. The first kappa shape index (κ1) is 20.6. The summed E-state index contributed by atoms with van der Waals surface area (Å²) in [5.74, 6) is -1.28. The van der Waals surface area contributed by atoms with E-state index in [4.69, 9.17) is 14.2 Å². The average molecular weight is 447 g/mol. The van der Waals surface area contributed by atoms with Crippen LogP contribution in [0.4, 0.5) is 10.1 Å². The van der Waals surface area contributed by atoms with Crippen LogP contribution in [0, 0.1) is 5.82 Å². The lowest BCUT2D eigenvalue weighted by Crippen LogP contribution is -2.29. The van der Waals surface area contributed by atoms with E-state index in [2.05, 4.69) is 0 Å². The first-order valence-electron chi connectivity index (χ1n) is 10.1. The van der Waals surface area contributed by atoms with Gasteiger partial charge < -0.3 is 19.3 Å². The number of Topliss-reactive ketones (excluding diaryl/α,β-unsaturated/α-hetero) is 1. The molecule has 1 amide bonds. The maximum atomic E-state index is 14.0. The van der Waals surface area contributed by atoms with Gasteiger partial charge in [0.1, 0.15) is 17.3 Å². The number of aliphatic hydroxyl groups excluding tert-OH is 1. The second kappa shape index (κ2) is 7.98. The van der Waals surface area contributed by atoms with E-state index in [1.165, 1.54) is 42.3 Å². The van der Waals surface area contributed by atoms with Crippen molar-refractivity contribution in [2.75, 3.05) is 18.8 Å². The standard InChI is InChI=1S/C25H18FNO6/c1-31-18-7-2-4-14(10-18)22-21(23(28)15-8-9-19-20(11-15)33-13-32-19)24(29)25(30)27(22)17-6-3-5-16(26)12-17/h2-12,22,28H,13H2,1H3/b23-21-. The van der Waals surface area contributed by atoms with Crippen LogP contribution in [0.3, 0.4) is 0 Å². The number of hydrogen-bond donors (Lipinski definition) is 1. The molecular weight excluding hydrogens is 429 g/mol. The fourth-order valence-electron chi connectivity index (χ4n) is 4.05. The first-order chi connectivity index (χ1) is 16.0. The number of ether oxygens (including phenoxy) is 3. The number of amides is 1. The smallest absolute Gasteiger partial charge is 0.300 e. The molecule has 0 radical (unpaired) electrons. The van der Waals surface area contributed by atoms with Crippen LogP contribution in [-0.2, 0) is 9.59 Å². The van der Waals surface area contributed by atoms with Gasteiger partial charge in [-0.2, -0.15) is 0 Å². The van der Waals surface area contributed by atoms with E-state index in [9.17, 15) is 19.1 Å². The molecule has 1 N–H and O–H groups in total. The van der Waals surface area contributed by atoms with Crippen LogP contribution in [0.15, 0.2) is 72.3 Å². The Hall–Kier alpha value is -4.33. The Labute approximate surface area is 188 Å². The Kier molecular flexibility index (Phi) is 4.97. The third kappa shape index (κ3) is 3.45. The van der Waals surface area contributed by atoms with Crippen molar-refractivity contribution in [1.82, 2.24) is 0 Å². The average Bonchev–Trinajstić information content (AvgIpc) is 3.40. The lowest BCUT2D eigenvalue weighted by Gasteiger charge is -2.25. The molecule has 0 aromatic heterocycles. The van der Waals surface area contributed by atoms with Crippen LogP contribution in [0.25, 0.3) is 5.76 Å². The Balaban J connectivity index is 1.72. The van der Waals surface area contributed by atoms with Crippen molar-refractivity contribution >= 4 is 23.1 Å². The number of hydrogen-bond acceptors (Lipinski definition) is 6. The second-order valence-electron chi connectivity index (χ2n) is 7.49. The highest BCUT2D eigenvalue weighted by molar-refractivity contribution is 6.51. The van der Waals surface area contributed by atoms with E-state index in [0.717, 1.165) is 0 Å². The highest BCUT2D eigenvalue weighted by Gasteiger charge is 2.47. The molecule has 2 aliphatic heterocycles. The fraction of sp³-hybridized carbons (Fsp3) is 0.120. The van der Waals surface area contributed by atoms with Crippen LogP contribution in [-0.4, -0.2) is 30.7 Å². The summed E-state index contributed by atoms with van der Waals surface area (Å²) in [7, 11) is 1.50. The molecule has 2 aliphatic rings. The minimum atomic E-state index is -1.01. The number of carbonyl (C=O) groups is 2. The van der Waals surface area contributed by atoms with Crippen molar-refractivity contribution in [2.24, 2.45) is 0 Å². The molecule has 7 nitrogen and oxygen atoms in total. The van der Waals surface area contributed by atoms with Crippen molar-refractivity contribution in [3.8, 4) is 17.2 Å². The van der Waals surface area contributed by atoms with E-state index in [1.54, 1.807) is 36.4 Å². The summed E-state index contributed by atoms with van der Waals surface area (Å²) in [6, 6.07) is 15.9. The number of fused-ring (bicyclic) bond motifs is 1. The summed E-state index contributed by atoms with van der Waals surface area (Å²) in [6.45, 7) is 0.0489. The van der Waals surface area contributed by atoms with Crippen LogP contribution >= 0.6 is 0 Å². The number of nitrogens with zero attached hydrogens (tertiary/aromatic N) is 1. The van der Waals surface area contributed by atoms with Crippen molar-refractivity contribution < 1.29 is 33.3 Å². The summed E-state index contributed by atoms with van der Waals surface area (Å²) in [4.78, 5) is 27.5. The van der Waals surface area contributed by atoms with Gasteiger partial charge in [0.05, 0.1) is 18.7 Å². The fourth-order valence-corrected chi connectivity index (χ4v) is 4.05. The highest BCUT2D eigenvalue weighted by Crippen LogP contribution is 2.44. The lowest BCUT2D eigenvalue weighted by molar-refractivity contribution is -0.132. The minimum absolute atomic E-state index is 0.0489. The number of carbonyl (C=O) groups excluding carboxylic acids is 2. The van der Waals surface area contributed by atoms with Gasteiger partial charge in [-0.25, -0.2) is 4.39 Å². The number of anilines is 1. The molecular formula is C25H18FNO6. The number of ketones is 1. The van der Waals surface area contributed by atoms with Crippen LogP contribution < -0.4 is 19.1 Å². The molecule has 8 heteroatoms. The molecule has 5 rings (SSSR count). The molecule has 2 heterocycles. The Bertz CT molecular complexity index is 1320. The normalized spacial score (nSPS) is 18.6. The van der Waals surface area contributed by atoms with Gasteiger partial charge in [0, 0.05) is 11.3 Å². The number of methoxy groups -OCH3 is 1. The van der Waals surface area contributed by atoms with E-state index in [1.807, 2.05) is 0 Å². The van der Waals surface area contributed by atoms with E-state index < -0.39 is 23.5 Å². The van der Waals surface area contributed by atoms with Crippen molar-refractivity contribution in [1.29, 1.82) is 0 Å². The molecule has 0 spiro atoms. The van der Waals surface area contributed by atoms with Gasteiger partial charge in [-0.1, -0.05) is 18.2 Å². The Morgan fingerprint density at radius 2 is 1.82 bits per heavy atom. The Morgan fingerprint density at radius 3 is 2.61 bits per heavy atom. The third-order valence-corrected chi connectivity index (χ3v) is 5.59. The van der Waals surface area contributed by atoms with Gasteiger partial charge in [0.2, 0.25) is 6.79 Å². The van der Waals surface area contributed by atoms with Crippen molar-refractivity contribution in [2.45, 2.75) is 6.04 Å². The predicted octanol–water partition coefficient (Wildman–Crippen LogP) is 4.19. The maximum absolute atomic E-state index is 14.0. The van der Waals surface area contributed by atoms with E-state index in [0.29, 0.717) is 22.8 Å². The number of aliphatic hydroxyl groups is 1. The zero-order valence-electron chi connectivity index (χ0n) is 17.4. The highest BCUT2D eigenvalue weighted by atomic mass is 19.1. The molecule has 0 aliphatic carbocycles. The molecule has 3 aromatic carbocycles. The van der Waals surface area contributed by atoms with Crippen molar-refractivity contribution in [3.63, 3.8) is 0 Å². The van der Waals surface area contributed by atoms with Crippen LogP contribution in [0.2, 0.25) is 0 Å². The Morgan fingerprint density at radius 1 is 1.03 bits per heavy atom. The predicted molar refractivity (Wildman–Crippen MR) is 117 cm³/mol. The van der Waals surface area contributed by atoms with E-state index in [-0.39, 0.29) is 29.4 Å². The van der Waals surface area contributed by atoms with Gasteiger partial charge in [-0.15, -0.1) is 0 Å². The lowest BCUT2D eigenvalue weighted by atomic mass is 9.95. The number of benzene rings is 3. The van der Waals surface area contributed by atoms with Gasteiger partial charge >= 0.3 is 0 Å². The molecule has 33 heavy (non-hydrogen) atoms.